The predicted molar refractivity (Wildman–Crippen MR) is 94.5 cm³/mol. The van der Waals surface area contributed by atoms with E-state index >= 15 is 0 Å². The van der Waals surface area contributed by atoms with Gasteiger partial charge in [-0.15, -0.1) is 10.2 Å². The number of ketones is 1. The van der Waals surface area contributed by atoms with Crippen LogP contribution in [0.2, 0.25) is 0 Å². The van der Waals surface area contributed by atoms with Gasteiger partial charge in [-0.25, -0.2) is 4.79 Å². The maximum Gasteiger partial charge on any atom is 0.327 e. The van der Waals surface area contributed by atoms with Gasteiger partial charge in [0.2, 0.25) is 5.91 Å². The van der Waals surface area contributed by atoms with Crippen LogP contribution < -0.4 is 5.73 Å². The molecule has 1 fully saturated rings. The number of aromatic nitrogens is 3. The van der Waals surface area contributed by atoms with Gasteiger partial charge in [-0.2, -0.15) is 0 Å². The van der Waals surface area contributed by atoms with Crippen molar-refractivity contribution in [3.05, 3.63) is 36.7 Å². The van der Waals surface area contributed by atoms with Gasteiger partial charge in [0.15, 0.2) is 10.9 Å². The quantitative estimate of drug-likeness (QED) is 0.593. The van der Waals surface area contributed by atoms with E-state index in [0.29, 0.717) is 5.16 Å². The van der Waals surface area contributed by atoms with E-state index in [1.165, 1.54) is 30.8 Å². The van der Waals surface area contributed by atoms with Crippen molar-refractivity contribution in [2.24, 2.45) is 11.7 Å². The number of imide groups is 1. The molecular weight excluding hydrogens is 356 g/mol. The van der Waals surface area contributed by atoms with E-state index in [-0.39, 0.29) is 11.5 Å². The molecule has 3 rings (SSSR count). The van der Waals surface area contributed by atoms with Gasteiger partial charge in [0.1, 0.15) is 18.4 Å². The first-order valence-corrected chi connectivity index (χ1v) is 8.81. The Kier molecular flexibility index (Phi) is 5.05. The highest BCUT2D eigenvalue weighted by molar-refractivity contribution is 7.99. The van der Waals surface area contributed by atoms with Gasteiger partial charge in [-0.05, 0) is 12.1 Å². The van der Waals surface area contributed by atoms with Crippen molar-refractivity contribution in [3.8, 4) is 5.69 Å². The summed E-state index contributed by atoms with van der Waals surface area (Å²) in [6.07, 6.45) is 0.575. The first-order chi connectivity index (χ1) is 12.4. The van der Waals surface area contributed by atoms with Crippen LogP contribution in [0.4, 0.5) is 4.79 Å². The Labute approximate surface area is 154 Å². The molecule has 1 aliphatic rings. The molecule has 2 heterocycles. The third-order valence-electron chi connectivity index (χ3n) is 4.22. The molecule has 0 aliphatic carbocycles. The Bertz CT molecular complexity index is 840. The molecule has 136 valence electrons. The summed E-state index contributed by atoms with van der Waals surface area (Å²) in [5, 5.41) is 8.43. The molecule has 2 N–H and O–H groups in total. The molecule has 3 amide bonds. The van der Waals surface area contributed by atoms with Crippen molar-refractivity contribution in [3.63, 3.8) is 0 Å². The largest absolute Gasteiger partial charge is 0.327 e. The average Bonchev–Trinajstić information content (AvgIpc) is 3.12. The first kappa shape index (κ1) is 18.1. The lowest BCUT2D eigenvalue weighted by Crippen LogP contribution is -2.64. The third-order valence-corrected chi connectivity index (χ3v) is 5.18. The third kappa shape index (κ3) is 3.20. The minimum absolute atomic E-state index is 0.00843. The molecule has 2 aromatic rings. The molecule has 0 saturated carbocycles. The highest BCUT2D eigenvalue weighted by Gasteiger charge is 2.45. The molecule has 26 heavy (non-hydrogen) atoms. The normalized spacial score (nSPS) is 20.6. The van der Waals surface area contributed by atoms with E-state index < -0.39 is 24.0 Å². The SMILES string of the molecule is CN1C(=O)C(C(=O)CSc2nncn2-c2ccccc2)C(N)N(C)C1=O. The monoisotopic (exact) mass is 374 g/mol. The maximum absolute atomic E-state index is 12.6. The summed E-state index contributed by atoms with van der Waals surface area (Å²) in [4.78, 5) is 38.9. The van der Waals surface area contributed by atoms with Crippen LogP contribution in [-0.4, -0.2) is 68.3 Å². The molecule has 1 aliphatic heterocycles. The van der Waals surface area contributed by atoms with Crippen LogP contribution in [-0.2, 0) is 9.59 Å². The molecule has 1 aromatic carbocycles. The smallest absolute Gasteiger partial charge is 0.311 e. The van der Waals surface area contributed by atoms with Crippen LogP contribution in [0.25, 0.3) is 5.69 Å². The predicted octanol–water partition coefficient (Wildman–Crippen LogP) is 0.353. The number of hydrogen-bond acceptors (Lipinski definition) is 7. The van der Waals surface area contributed by atoms with E-state index in [0.717, 1.165) is 10.6 Å². The molecule has 0 spiro atoms. The van der Waals surface area contributed by atoms with Crippen LogP contribution >= 0.6 is 11.8 Å². The highest BCUT2D eigenvalue weighted by atomic mass is 32.2. The molecule has 0 bridgehead atoms. The standard InChI is InChI=1S/C16H18N6O3S/c1-20-13(17)12(14(24)21(2)16(20)25)11(23)8-26-15-19-18-9-22(15)10-6-4-3-5-7-10/h3-7,9,12-13H,8,17H2,1-2H3. The second-order valence-corrected chi connectivity index (χ2v) is 6.78. The first-order valence-electron chi connectivity index (χ1n) is 7.82. The lowest BCUT2D eigenvalue weighted by molar-refractivity contribution is -0.143. The van der Waals surface area contributed by atoms with Crippen LogP contribution in [0.3, 0.4) is 0 Å². The number of Topliss-reactive ketones (excluding diaryl/α,β-unsaturated/α-hetero) is 1. The Morgan fingerprint density at radius 2 is 1.92 bits per heavy atom. The fourth-order valence-electron chi connectivity index (χ4n) is 2.68. The van der Waals surface area contributed by atoms with E-state index in [1.807, 2.05) is 30.3 Å². The molecule has 10 heteroatoms. The Balaban J connectivity index is 1.73. The zero-order chi connectivity index (χ0) is 18.8. The van der Waals surface area contributed by atoms with Gasteiger partial charge in [0.05, 0.1) is 5.75 Å². The van der Waals surface area contributed by atoms with Crippen LogP contribution in [0, 0.1) is 5.92 Å². The van der Waals surface area contributed by atoms with Gasteiger partial charge in [-0.3, -0.25) is 19.1 Å². The minimum Gasteiger partial charge on any atom is -0.311 e. The summed E-state index contributed by atoms with van der Waals surface area (Å²) in [6, 6.07) is 8.93. The van der Waals surface area contributed by atoms with Crippen LogP contribution in [0.15, 0.2) is 41.8 Å². The summed E-state index contributed by atoms with van der Waals surface area (Å²) < 4.78 is 1.75. The zero-order valence-electron chi connectivity index (χ0n) is 14.3. The molecule has 2 unspecified atom stereocenters. The minimum atomic E-state index is -1.09. The number of nitrogens with zero attached hydrogens (tertiary/aromatic N) is 5. The number of carbonyl (C=O) groups excluding carboxylic acids is 3. The summed E-state index contributed by atoms with van der Waals surface area (Å²) in [7, 11) is 2.81. The lowest BCUT2D eigenvalue weighted by atomic mass is 9.97. The second kappa shape index (κ2) is 7.26. The highest BCUT2D eigenvalue weighted by Crippen LogP contribution is 2.24. The number of rotatable bonds is 5. The summed E-state index contributed by atoms with van der Waals surface area (Å²) >= 11 is 1.17. The fraction of sp³-hybridized carbons (Fsp3) is 0.312. The second-order valence-electron chi connectivity index (χ2n) is 5.83. The van der Waals surface area contributed by atoms with E-state index in [9.17, 15) is 14.4 Å². The van der Waals surface area contributed by atoms with Crippen LogP contribution in [0.5, 0.6) is 0 Å². The Hall–Kier alpha value is -2.72. The maximum atomic E-state index is 12.6. The number of hydrogen-bond donors (Lipinski definition) is 1. The van der Waals surface area contributed by atoms with Gasteiger partial charge >= 0.3 is 6.03 Å². The molecular formula is C16H18N6O3S. The van der Waals surface area contributed by atoms with Gasteiger partial charge < -0.3 is 10.6 Å². The Morgan fingerprint density at radius 3 is 2.62 bits per heavy atom. The topological polar surface area (TPSA) is 114 Å². The zero-order valence-corrected chi connectivity index (χ0v) is 15.1. The molecule has 2 atom stereocenters. The van der Waals surface area contributed by atoms with Crippen molar-refractivity contribution >= 4 is 29.5 Å². The van der Waals surface area contributed by atoms with Gasteiger partial charge in [-0.1, -0.05) is 30.0 Å². The van der Waals surface area contributed by atoms with Crippen molar-refractivity contribution in [1.29, 1.82) is 0 Å². The molecule has 0 radical (unpaired) electrons. The van der Waals surface area contributed by atoms with E-state index in [2.05, 4.69) is 10.2 Å². The van der Waals surface area contributed by atoms with Crippen molar-refractivity contribution in [2.45, 2.75) is 11.3 Å². The summed E-state index contributed by atoms with van der Waals surface area (Å²) in [6.45, 7) is 0. The number of para-hydroxylation sites is 1. The van der Waals surface area contributed by atoms with Crippen molar-refractivity contribution in [2.75, 3.05) is 19.8 Å². The lowest BCUT2D eigenvalue weighted by Gasteiger charge is -2.38. The fourth-order valence-corrected chi connectivity index (χ4v) is 3.53. The Morgan fingerprint density at radius 1 is 1.23 bits per heavy atom. The number of benzene rings is 1. The number of urea groups is 1. The number of carbonyl (C=O) groups is 3. The van der Waals surface area contributed by atoms with E-state index in [4.69, 9.17) is 5.73 Å². The van der Waals surface area contributed by atoms with Crippen LogP contribution in [0.1, 0.15) is 0 Å². The number of amides is 3. The summed E-state index contributed by atoms with van der Waals surface area (Å²) in [5.41, 5.74) is 6.79. The molecule has 1 aromatic heterocycles. The van der Waals surface area contributed by atoms with E-state index in [1.54, 1.807) is 10.9 Å². The number of thioether (sulfide) groups is 1. The molecule has 9 nitrogen and oxygen atoms in total. The summed E-state index contributed by atoms with van der Waals surface area (Å²) in [5.74, 6) is -2.05. The molecule has 1 saturated heterocycles. The average molecular weight is 374 g/mol. The van der Waals surface area contributed by atoms with Gasteiger partial charge in [0, 0.05) is 19.8 Å². The van der Waals surface area contributed by atoms with Gasteiger partial charge in [0.25, 0.3) is 0 Å². The van der Waals surface area contributed by atoms with Crippen molar-refractivity contribution in [1.82, 2.24) is 24.6 Å². The number of nitrogens with two attached hydrogens (primary N) is 1. The van der Waals surface area contributed by atoms with Crippen molar-refractivity contribution < 1.29 is 14.4 Å².